The summed E-state index contributed by atoms with van der Waals surface area (Å²) in [5, 5.41) is 4.46. The van der Waals surface area contributed by atoms with Gasteiger partial charge >= 0.3 is 0 Å². The van der Waals surface area contributed by atoms with Gasteiger partial charge in [-0.05, 0) is 44.5 Å². The van der Waals surface area contributed by atoms with Crippen LogP contribution in [0.2, 0.25) is 0 Å². The number of amides is 1. The number of halogens is 1. The highest BCUT2D eigenvalue weighted by molar-refractivity contribution is 5.94. The van der Waals surface area contributed by atoms with Crippen molar-refractivity contribution in [3.8, 4) is 5.82 Å². The summed E-state index contributed by atoms with van der Waals surface area (Å²) in [5.41, 5.74) is 2.84. The molecule has 0 atom stereocenters. The highest BCUT2D eigenvalue weighted by atomic mass is 19.1. The first kappa shape index (κ1) is 19.0. The maximum absolute atomic E-state index is 13.8. The summed E-state index contributed by atoms with van der Waals surface area (Å²) in [5.74, 6) is 0.919. The number of aromatic nitrogens is 4. The lowest BCUT2D eigenvalue weighted by molar-refractivity contribution is 0.0746. The smallest absolute Gasteiger partial charge is 0.254 e. The van der Waals surface area contributed by atoms with Crippen molar-refractivity contribution in [2.45, 2.75) is 20.8 Å². The van der Waals surface area contributed by atoms with Crippen molar-refractivity contribution in [2.24, 2.45) is 0 Å². The summed E-state index contributed by atoms with van der Waals surface area (Å²) in [6, 6.07) is 6.62. The Morgan fingerprint density at radius 1 is 1.00 bits per heavy atom. The molecule has 1 aliphatic rings. The van der Waals surface area contributed by atoms with E-state index in [4.69, 9.17) is 4.98 Å². The summed E-state index contributed by atoms with van der Waals surface area (Å²) in [6.07, 6.45) is 3.41. The molecule has 1 fully saturated rings. The second-order valence-corrected chi connectivity index (χ2v) is 7.32. The van der Waals surface area contributed by atoms with Gasteiger partial charge in [0, 0.05) is 37.4 Å². The second kappa shape index (κ2) is 7.62. The molecule has 3 aromatic rings. The number of anilines is 1. The van der Waals surface area contributed by atoms with Gasteiger partial charge in [-0.3, -0.25) is 9.78 Å². The summed E-state index contributed by atoms with van der Waals surface area (Å²) in [7, 11) is 0. The van der Waals surface area contributed by atoms with Crippen molar-refractivity contribution in [1.29, 1.82) is 0 Å². The fourth-order valence-corrected chi connectivity index (χ4v) is 3.51. The Labute approximate surface area is 168 Å². The van der Waals surface area contributed by atoms with E-state index in [2.05, 4.69) is 15.0 Å². The Bertz CT molecular complexity index is 1060. The molecule has 29 heavy (non-hydrogen) atoms. The van der Waals surface area contributed by atoms with Gasteiger partial charge in [0.15, 0.2) is 5.82 Å². The number of hydrogen-bond acceptors (Lipinski definition) is 5. The van der Waals surface area contributed by atoms with Gasteiger partial charge in [-0.15, -0.1) is 0 Å². The highest BCUT2D eigenvalue weighted by Crippen LogP contribution is 2.18. The van der Waals surface area contributed by atoms with Gasteiger partial charge in [0.2, 0.25) is 0 Å². The fourth-order valence-electron chi connectivity index (χ4n) is 3.51. The minimum Gasteiger partial charge on any atom is -0.352 e. The molecule has 8 heteroatoms. The highest BCUT2D eigenvalue weighted by Gasteiger charge is 2.24. The van der Waals surface area contributed by atoms with Crippen LogP contribution < -0.4 is 4.90 Å². The quantitative estimate of drug-likeness (QED) is 0.683. The third kappa shape index (κ3) is 3.83. The van der Waals surface area contributed by atoms with Gasteiger partial charge < -0.3 is 9.80 Å². The molecule has 1 saturated heterocycles. The number of hydrogen-bond donors (Lipinski definition) is 0. The minimum absolute atomic E-state index is 0.147. The van der Waals surface area contributed by atoms with Crippen LogP contribution in [0, 0.1) is 26.6 Å². The molecule has 1 aliphatic heterocycles. The molecule has 0 saturated carbocycles. The maximum Gasteiger partial charge on any atom is 0.254 e. The van der Waals surface area contributed by atoms with Gasteiger partial charge in [0.05, 0.1) is 18.1 Å². The van der Waals surface area contributed by atoms with Crippen molar-refractivity contribution >= 4 is 11.7 Å². The molecule has 0 bridgehead atoms. The average Bonchev–Trinajstić information content (AvgIpc) is 3.08. The Morgan fingerprint density at radius 2 is 1.72 bits per heavy atom. The zero-order valence-corrected chi connectivity index (χ0v) is 16.8. The van der Waals surface area contributed by atoms with E-state index in [1.165, 1.54) is 6.07 Å². The number of piperazine rings is 1. The normalized spacial score (nSPS) is 14.3. The number of benzene rings is 1. The SMILES string of the molecule is Cc1cc(C)n(-c2cncc(N3CCN(C(=O)c4ccc(C)c(F)c4)CC3)n2)n1. The average molecular weight is 394 g/mol. The minimum atomic E-state index is -0.356. The zero-order valence-electron chi connectivity index (χ0n) is 16.8. The van der Waals surface area contributed by atoms with Crippen LogP contribution in [0.5, 0.6) is 0 Å². The van der Waals surface area contributed by atoms with Crippen LogP contribution in [0.1, 0.15) is 27.3 Å². The van der Waals surface area contributed by atoms with Crippen LogP contribution in [0.3, 0.4) is 0 Å². The Morgan fingerprint density at radius 3 is 2.38 bits per heavy atom. The molecular formula is C21H23FN6O. The Hall–Kier alpha value is -3.29. The number of rotatable bonds is 3. The molecule has 7 nitrogen and oxygen atoms in total. The van der Waals surface area contributed by atoms with Crippen LogP contribution in [0.4, 0.5) is 10.2 Å². The third-order valence-corrected chi connectivity index (χ3v) is 5.15. The monoisotopic (exact) mass is 394 g/mol. The molecule has 4 rings (SSSR count). The van der Waals surface area contributed by atoms with Crippen LogP contribution in [0.25, 0.3) is 5.82 Å². The van der Waals surface area contributed by atoms with Gasteiger partial charge in [-0.2, -0.15) is 5.10 Å². The van der Waals surface area contributed by atoms with E-state index < -0.39 is 0 Å². The zero-order chi connectivity index (χ0) is 20.5. The molecule has 0 radical (unpaired) electrons. The second-order valence-electron chi connectivity index (χ2n) is 7.32. The largest absolute Gasteiger partial charge is 0.352 e. The first-order chi connectivity index (χ1) is 13.9. The molecule has 0 aliphatic carbocycles. The first-order valence-electron chi connectivity index (χ1n) is 9.58. The van der Waals surface area contributed by atoms with Gasteiger partial charge in [0.1, 0.15) is 11.6 Å². The van der Waals surface area contributed by atoms with Crippen molar-refractivity contribution in [3.63, 3.8) is 0 Å². The van der Waals surface area contributed by atoms with E-state index in [1.54, 1.807) is 41.0 Å². The summed E-state index contributed by atoms with van der Waals surface area (Å²) in [6.45, 7) is 7.96. The lowest BCUT2D eigenvalue weighted by atomic mass is 10.1. The Balaban J connectivity index is 1.46. The third-order valence-electron chi connectivity index (χ3n) is 5.15. The maximum atomic E-state index is 13.8. The van der Waals surface area contributed by atoms with E-state index in [0.29, 0.717) is 43.1 Å². The molecule has 0 spiro atoms. The standard InChI is InChI=1S/C21H23FN6O/c1-14-4-5-17(11-18(14)22)21(29)27-8-6-26(7-9-27)19-12-23-13-20(24-19)28-16(3)10-15(2)25-28/h4-5,10-13H,6-9H2,1-3H3. The first-order valence-corrected chi connectivity index (χ1v) is 9.58. The van der Waals surface area contributed by atoms with Gasteiger partial charge in [0.25, 0.3) is 5.91 Å². The predicted octanol–water partition coefficient (Wildman–Crippen LogP) is 2.69. The molecule has 0 N–H and O–H groups in total. The molecule has 150 valence electrons. The number of carbonyl (C=O) groups is 1. The van der Waals surface area contributed by atoms with Crippen molar-refractivity contribution in [3.05, 3.63) is 65.0 Å². The predicted molar refractivity (Wildman–Crippen MR) is 108 cm³/mol. The lowest BCUT2D eigenvalue weighted by Crippen LogP contribution is -2.49. The number of nitrogens with zero attached hydrogens (tertiary/aromatic N) is 6. The topological polar surface area (TPSA) is 67.2 Å². The Kier molecular flexibility index (Phi) is 5.00. The molecular weight excluding hydrogens is 371 g/mol. The molecule has 0 unspecified atom stereocenters. The van der Waals surface area contributed by atoms with Crippen molar-refractivity contribution < 1.29 is 9.18 Å². The molecule has 2 aromatic heterocycles. The lowest BCUT2D eigenvalue weighted by Gasteiger charge is -2.35. The van der Waals surface area contributed by atoms with Crippen molar-refractivity contribution in [1.82, 2.24) is 24.6 Å². The van der Waals surface area contributed by atoms with Gasteiger partial charge in [-0.25, -0.2) is 14.1 Å². The fraction of sp³-hybridized carbons (Fsp3) is 0.333. The van der Waals surface area contributed by atoms with E-state index in [1.807, 2.05) is 19.9 Å². The summed E-state index contributed by atoms with van der Waals surface area (Å²) < 4.78 is 15.6. The van der Waals surface area contributed by atoms with E-state index in [-0.39, 0.29) is 11.7 Å². The van der Waals surface area contributed by atoms with Crippen LogP contribution in [-0.4, -0.2) is 56.7 Å². The van der Waals surface area contributed by atoms with E-state index in [9.17, 15) is 9.18 Å². The van der Waals surface area contributed by atoms with Crippen LogP contribution >= 0.6 is 0 Å². The summed E-state index contributed by atoms with van der Waals surface area (Å²) >= 11 is 0. The molecule has 1 aromatic carbocycles. The molecule has 3 heterocycles. The number of aryl methyl sites for hydroxylation is 3. The van der Waals surface area contributed by atoms with Crippen molar-refractivity contribution in [2.75, 3.05) is 31.1 Å². The number of carbonyl (C=O) groups excluding carboxylic acids is 1. The van der Waals surface area contributed by atoms with E-state index >= 15 is 0 Å². The molecule has 1 amide bonds. The van der Waals surface area contributed by atoms with Gasteiger partial charge in [-0.1, -0.05) is 6.07 Å². The van der Waals surface area contributed by atoms with Crippen LogP contribution in [-0.2, 0) is 0 Å². The summed E-state index contributed by atoms with van der Waals surface area (Å²) in [4.78, 5) is 25.6. The van der Waals surface area contributed by atoms with E-state index in [0.717, 1.165) is 17.2 Å². The van der Waals surface area contributed by atoms with Crippen LogP contribution in [0.15, 0.2) is 36.7 Å².